The van der Waals surface area contributed by atoms with Crippen LogP contribution in [0.25, 0.3) is 16.5 Å². The molecule has 1 heterocycles. The summed E-state index contributed by atoms with van der Waals surface area (Å²) in [7, 11) is -4.14. The standard InChI is InChI=1S/C23H17ClN4O5S/c24-18-5-1-17-12-20(8-4-16(17)11-18)34(32,33)27-21(29)13-26-23(31)15-2-6-19(7-3-15)28-10-9-25-14-22(28)30/h1-12,14H,13H2,(H,26,31)(H,27,29). The summed E-state index contributed by atoms with van der Waals surface area (Å²) in [6, 6.07) is 15.5. The molecule has 0 spiro atoms. The van der Waals surface area contributed by atoms with Crippen molar-refractivity contribution in [3.63, 3.8) is 0 Å². The Hall–Kier alpha value is -4.02. The van der Waals surface area contributed by atoms with E-state index in [9.17, 15) is 22.8 Å². The molecule has 0 aliphatic heterocycles. The van der Waals surface area contributed by atoms with Gasteiger partial charge in [0, 0.05) is 28.7 Å². The quantitative estimate of drug-likeness (QED) is 0.421. The highest BCUT2D eigenvalue weighted by Gasteiger charge is 2.19. The number of amides is 2. The van der Waals surface area contributed by atoms with E-state index in [1.54, 1.807) is 36.4 Å². The van der Waals surface area contributed by atoms with Gasteiger partial charge in [0.2, 0.25) is 0 Å². The van der Waals surface area contributed by atoms with Crippen molar-refractivity contribution in [1.29, 1.82) is 0 Å². The fourth-order valence-corrected chi connectivity index (χ4v) is 4.40. The first kappa shape index (κ1) is 23.1. The highest BCUT2D eigenvalue weighted by Crippen LogP contribution is 2.22. The van der Waals surface area contributed by atoms with Crippen molar-refractivity contribution < 1.29 is 18.0 Å². The summed E-state index contributed by atoms with van der Waals surface area (Å²) in [4.78, 5) is 40.0. The third-order valence-corrected chi connectivity index (χ3v) is 6.48. The zero-order valence-electron chi connectivity index (χ0n) is 17.4. The van der Waals surface area contributed by atoms with Gasteiger partial charge in [-0.2, -0.15) is 0 Å². The Morgan fingerprint density at radius 1 is 0.971 bits per heavy atom. The summed E-state index contributed by atoms with van der Waals surface area (Å²) in [5.41, 5.74) is 0.438. The molecule has 0 atom stereocenters. The average molecular weight is 497 g/mol. The third kappa shape index (κ3) is 5.13. The lowest BCUT2D eigenvalue weighted by Crippen LogP contribution is -2.39. The number of halogens is 1. The van der Waals surface area contributed by atoms with E-state index < -0.39 is 28.4 Å². The second kappa shape index (κ2) is 9.46. The Balaban J connectivity index is 1.38. The van der Waals surface area contributed by atoms with Gasteiger partial charge in [-0.15, -0.1) is 0 Å². The van der Waals surface area contributed by atoms with E-state index in [-0.39, 0.29) is 16.0 Å². The highest BCUT2D eigenvalue weighted by molar-refractivity contribution is 7.90. The lowest BCUT2D eigenvalue weighted by Gasteiger charge is -2.10. The molecular formula is C23H17ClN4O5S. The number of aromatic nitrogens is 2. The molecule has 0 bridgehead atoms. The van der Waals surface area contributed by atoms with Crippen molar-refractivity contribution in [2.45, 2.75) is 4.90 Å². The number of benzene rings is 3. The van der Waals surface area contributed by atoms with Crippen LogP contribution in [0.15, 0.2) is 88.9 Å². The molecule has 11 heteroatoms. The van der Waals surface area contributed by atoms with Crippen molar-refractivity contribution in [3.05, 3.63) is 100 Å². The van der Waals surface area contributed by atoms with Gasteiger partial charge >= 0.3 is 0 Å². The number of fused-ring (bicyclic) bond motifs is 1. The maximum absolute atomic E-state index is 12.6. The van der Waals surface area contributed by atoms with Gasteiger partial charge in [-0.3, -0.25) is 23.9 Å². The van der Waals surface area contributed by atoms with Crippen LogP contribution in [0.3, 0.4) is 0 Å². The Kier molecular flexibility index (Phi) is 6.44. The fraction of sp³-hybridized carbons (Fsp3) is 0.0435. The summed E-state index contributed by atoms with van der Waals surface area (Å²) < 4.78 is 28.4. The van der Waals surface area contributed by atoms with Gasteiger partial charge < -0.3 is 5.32 Å². The summed E-state index contributed by atoms with van der Waals surface area (Å²) >= 11 is 5.94. The fourth-order valence-electron chi connectivity index (χ4n) is 3.20. The predicted octanol–water partition coefficient (Wildman–Crippen LogP) is 2.27. The van der Waals surface area contributed by atoms with Crippen molar-refractivity contribution in [1.82, 2.24) is 19.6 Å². The van der Waals surface area contributed by atoms with Crippen LogP contribution in [0.5, 0.6) is 0 Å². The van der Waals surface area contributed by atoms with Gasteiger partial charge in [-0.25, -0.2) is 13.1 Å². The van der Waals surface area contributed by atoms with Crippen LogP contribution in [0.1, 0.15) is 10.4 Å². The molecule has 2 N–H and O–H groups in total. The number of rotatable bonds is 6. The zero-order valence-corrected chi connectivity index (χ0v) is 19.0. The SMILES string of the molecule is O=C(CNC(=O)c1ccc(-n2ccncc2=O)cc1)NS(=O)(=O)c1ccc2cc(Cl)ccc2c1. The minimum absolute atomic E-state index is 0.0936. The molecule has 2 amide bonds. The van der Waals surface area contributed by atoms with Crippen molar-refractivity contribution in [2.75, 3.05) is 6.54 Å². The lowest BCUT2D eigenvalue weighted by atomic mass is 10.1. The molecule has 0 unspecified atom stereocenters. The number of sulfonamides is 1. The van der Waals surface area contributed by atoms with E-state index in [4.69, 9.17) is 11.6 Å². The van der Waals surface area contributed by atoms with Crippen molar-refractivity contribution in [3.8, 4) is 5.69 Å². The molecule has 0 saturated carbocycles. The van der Waals surface area contributed by atoms with E-state index in [0.29, 0.717) is 16.1 Å². The Morgan fingerprint density at radius 2 is 1.68 bits per heavy atom. The maximum atomic E-state index is 12.6. The number of hydrogen-bond acceptors (Lipinski definition) is 6. The zero-order chi connectivity index (χ0) is 24.3. The summed E-state index contributed by atoms with van der Waals surface area (Å²) in [6.45, 7) is -0.549. The molecule has 0 fully saturated rings. The predicted molar refractivity (Wildman–Crippen MR) is 126 cm³/mol. The second-order valence-electron chi connectivity index (χ2n) is 7.20. The molecule has 9 nitrogen and oxygen atoms in total. The molecule has 4 aromatic rings. The molecule has 0 saturated heterocycles. The number of nitrogens with zero attached hydrogens (tertiary/aromatic N) is 2. The number of carbonyl (C=O) groups excluding carboxylic acids is 2. The minimum Gasteiger partial charge on any atom is -0.343 e. The molecule has 3 aromatic carbocycles. The van der Waals surface area contributed by atoms with Crippen LogP contribution >= 0.6 is 11.6 Å². The number of hydrogen-bond donors (Lipinski definition) is 2. The largest absolute Gasteiger partial charge is 0.343 e. The molecule has 0 aliphatic rings. The average Bonchev–Trinajstić information content (AvgIpc) is 2.82. The normalized spacial score (nSPS) is 11.2. The van der Waals surface area contributed by atoms with E-state index in [2.05, 4.69) is 10.3 Å². The van der Waals surface area contributed by atoms with Crippen LogP contribution < -0.4 is 15.6 Å². The monoisotopic (exact) mass is 496 g/mol. The first-order valence-corrected chi connectivity index (χ1v) is 11.8. The van der Waals surface area contributed by atoms with Crippen molar-refractivity contribution in [2.24, 2.45) is 0 Å². The van der Waals surface area contributed by atoms with Crippen LogP contribution in [0, 0.1) is 0 Å². The molecule has 172 valence electrons. The Bertz CT molecular complexity index is 1570. The van der Waals surface area contributed by atoms with Crippen LogP contribution in [-0.4, -0.2) is 36.3 Å². The van der Waals surface area contributed by atoms with Gasteiger partial charge in [0.15, 0.2) is 0 Å². The van der Waals surface area contributed by atoms with Gasteiger partial charge in [0.25, 0.3) is 27.4 Å². The lowest BCUT2D eigenvalue weighted by molar-refractivity contribution is -0.118. The minimum atomic E-state index is -4.14. The number of carbonyl (C=O) groups is 2. The molecule has 4 rings (SSSR count). The van der Waals surface area contributed by atoms with Crippen molar-refractivity contribution >= 4 is 44.2 Å². The van der Waals surface area contributed by atoms with Gasteiger partial charge in [-0.05, 0) is 59.3 Å². The van der Waals surface area contributed by atoms with Crippen LogP contribution in [0.4, 0.5) is 0 Å². The maximum Gasteiger partial charge on any atom is 0.273 e. The van der Waals surface area contributed by atoms with Gasteiger partial charge in [0.1, 0.15) is 0 Å². The summed E-state index contributed by atoms with van der Waals surface area (Å²) in [5, 5.41) is 4.29. The smallest absolute Gasteiger partial charge is 0.273 e. The second-order valence-corrected chi connectivity index (χ2v) is 9.31. The molecule has 34 heavy (non-hydrogen) atoms. The molecule has 1 aromatic heterocycles. The highest BCUT2D eigenvalue weighted by atomic mass is 35.5. The first-order chi connectivity index (χ1) is 16.2. The third-order valence-electron chi connectivity index (χ3n) is 4.87. The van der Waals surface area contributed by atoms with E-state index in [1.165, 1.54) is 47.4 Å². The molecular weight excluding hydrogens is 480 g/mol. The topological polar surface area (TPSA) is 127 Å². The number of nitrogens with one attached hydrogen (secondary N) is 2. The Morgan fingerprint density at radius 3 is 2.41 bits per heavy atom. The Labute approximate surface area is 199 Å². The van der Waals surface area contributed by atoms with Crippen LogP contribution in [0.2, 0.25) is 5.02 Å². The summed E-state index contributed by atoms with van der Waals surface area (Å²) in [5.74, 6) is -1.48. The van der Waals surface area contributed by atoms with E-state index >= 15 is 0 Å². The van der Waals surface area contributed by atoms with Crippen LogP contribution in [-0.2, 0) is 14.8 Å². The first-order valence-electron chi connectivity index (χ1n) is 9.89. The molecule has 0 radical (unpaired) electrons. The molecule has 0 aliphatic carbocycles. The van der Waals surface area contributed by atoms with E-state index in [0.717, 1.165) is 5.39 Å². The van der Waals surface area contributed by atoms with E-state index in [1.807, 2.05) is 4.72 Å². The van der Waals surface area contributed by atoms with Gasteiger partial charge in [-0.1, -0.05) is 23.7 Å². The summed E-state index contributed by atoms with van der Waals surface area (Å²) in [6.07, 6.45) is 4.12. The van der Waals surface area contributed by atoms with Gasteiger partial charge in [0.05, 0.1) is 17.6 Å².